The summed E-state index contributed by atoms with van der Waals surface area (Å²) in [5.74, 6) is 1.70. The van der Waals surface area contributed by atoms with E-state index < -0.39 is 0 Å². The maximum absolute atomic E-state index is 6.03. The molecule has 0 amide bonds. The van der Waals surface area contributed by atoms with Crippen LogP contribution in [0.15, 0.2) is 48.5 Å². The van der Waals surface area contributed by atoms with Crippen LogP contribution < -0.4 is 4.74 Å². The van der Waals surface area contributed by atoms with E-state index in [1.54, 1.807) is 0 Å². The normalized spacial score (nSPS) is 12.1. The molecule has 0 aliphatic carbocycles. The maximum Gasteiger partial charge on any atom is 0.180 e. The molecule has 1 heterocycles. The van der Waals surface area contributed by atoms with Crippen LogP contribution in [-0.2, 0) is 24.1 Å². The molecule has 0 radical (unpaired) electrons. The molecule has 0 saturated carbocycles. The van der Waals surface area contributed by atoms with Gasteiger partial charge in [-0.15, -0.1) is 5.10 Å². The zero-order valence-electron chi connectivity index (χ0n) is 16.8. The van der Waals surface area contributed by atoms with Crippen molar-refractivity contribution >= 4 is 0 Å². The lowest BCUT2D eigenvalue weighted by Gasteiger charge is -2.18. The molecule has 0 aliphatic rings. The maximum atomic E-state index is 6.03. The van der Waals surface area contributed by atoms with Crippen LogP contribution in [0.5, 0.6) is 5.75 Å². The van der Waals surface area contributed by atoms with Crippen LogP contribution in [0.2, 0.25) is 0 Å². The fraction of sp³-hybridized carbons (Fsp3) is 0.409. The van der Waals surface area contributed by atoms with Crippen molar-refractivity contribution in [2.24, 2.45) is 0 Å². The molecule has 148 valence electrons. The molecule has 6 heteroatoms. The van der Waals surface area contributed by atoms with Crippen LogP contribution in [-0.4, -0.2) is 33.4 Å². The van der Waals surface area contributed by atoms with Gasteiger partial charge in [0.05, 0.1) is 13.2 Å². The quantitative estimate of drug-likeness (QED) is 0.532. The molecular weight excluding hydrogens is 352 g/mol. The number of benzene rings is 2. The average molecular weight is 380 g/mol. The molecule has 3 aromatic rings. The Hall–Kier alpha value is -2.73. The van der Waals surface area contributed by atoms with E-state index in [1.165, 1.54) is 11.1 Å². The largest absolute Gasteiger partial charge is 0.494 e. The smallest absolute Gasteiger partial charge is 0.180 e. The third-order valence-corrected chi connectivity index (χ3v) is 4.62. The SMILES string of the molecule is CCOc1ccc(CC(OCC)c2nnnn2Cc2ccccc2)cc1CC. The van der Waals surface area contributed by atoms with Crippen molar-refractivity contribution in [2.75, 3.05) is 13.2 Å². The Labute approximate surface area is 166 Å². The predicted octanol–water partition coefficient (Wildman–Crippen LogP) is 4.00. The third-order valence-electron chi connectivity index (χ3n) is 4.62. The minimum absolute atomic E-state index is 0.202. The summed E-state index contributed by atoms with van der Waals surface area (Å²) in [6, 6.07) is 16.5. The Kier molecular flexibility index (Phi) is 7.14. The summed E-state index contributed by atoms with van der Waals surface area (Å²) in [4.78, 5) is 0. The number of ether oxygens (including phenoxy) is 2. The van der Waals surface area contributed by atoms with E-state index in [4.69, 9.17) is 9.47 Å². The second kappa shape index (κ2) is 9.99. The van der Waals surface area contributed by atoms with Crippen LogP contribution in [0.4, 0.5) is 0 Å². The average Bonchev–Trinajstić information content (AvgIpc) is 3.17. The summed E-state index contributed by atoms with van der Waals surface area (Å²) in [5, 5.41) is 12.4. The van der Waals surface area contributed by atoms with Gasteiger partial charge in [0.15, 0.2) is 5.82 Å². The Balaban J connectivity index is 1.82. The van der Waals surface area contributed by atoms with E-state index in [-0.39, 0.29) is 6.10 Å². The lowest BCUT2D eigenvalue weighted by atomic mass is 10.0. The summed E-state index contributed by atoms with van der Waals surface area (Å²) >= 11 is 0. The lowest BCUT2D eigenvalue weighted by Crippen LogP contribution is -2.16. The Morgan fingerprint density at radius 1 is 0.964 bits per heavy atom. The molecular formula is C22H28N4O2. The molecule has 0 N–H and O–H groups in total. The number of hydrogen-bond donors (Lipinski definition) is 0. The van der Waals surface area contributed by atoms with Gasteiger partial charge in [-0.3, -0.25) is 0 Å². The molecule has 28 heavy (non-hydrogen) atoms. The molecule has 2 aromatic carbocycles. The minimum atomic E-state index is -0.202. The highest BCUT2D eigenvalue weighted by Crippen LogP contribution is 2.26. The molecule has 0 fully saturated rings. The van der Waals surface area contributed by atoms with Gasteiger partial charge >= 0.3 is 0 Å². The first-order valence-electron chi connectivity index (χ1n) is 9.91. The summed E-state index contributed by atoms with van der Waals surface area (Å²) in [5.41, 5.74) is 3.55. The highest BCUT2D eigenvalue weighted by atomic mass is 16.5. The molecule has 0 saturated heterocycles. The van der Waals surface area contributed by atoms with Crippen molar-refractivity contribution in [3.05, 3.63) is 71.0 Å². The summed E-state index contributed by atoms with van der Waals surface area (Å²) in [6.07, 6.45) is 1.43. The molecule has 6 nitrogen and oxygen atoms in total. The zero-order valence-corrected chi connectivity index (χ0v) is 16.8. The van der Waals surface area contributed by atoms with Gasteiger partial charge in [0, 0.05) is 13.0 Å². The summed E-state index contributed by atoms with van der Waals surface area (Å²) in [6.45, 7) is 8.03. The van der Waals surface area contributed by atoms with Crippen LogP contribution in [0.1, 0.15) is 49.4 Å². The lowest BCUT2D eigenvalue weighted by molar-refractivity contribution is 0.0532. The second-order valence-corrected chi connectivity index (χ2v) is 6.56. The van der Waals surface area contributed by atoms with Gasteiger partial charge in [0.2, 0.25) is 0 Å². The molecule has 0 spiro atoms. The molecule has 0 aliphatic heterocycles. The number of aryl methyl sites for hydroxylation is 1. The fourth-order valence-corrected chi connectivity index (χ4v) is 3.28. The van der Waals surface area contributed by atoms with Crippen LogP contribution in [0.25, 0.3) is 0 Å². The van der Waals surface area contributed by atoms with Gasteiger partial charge in [-0.2, -0.15) is 0 Å². The minimum Gasteiger partial charge on any atom is -0.494 e. The van der Waals surface area contributed by atoms with Gasteiger partial charge in [0.1, 0.15) is 11.9 Å². The van der Waals surface area contributed by atoms with E-state index in [9.17, 15) is 0 Å². The molecule has 1 unspecified atom stereocenters. The van der Waals surface area contributed by atoms with Crippen LogP contribution in [0.3, 0.4) is 0 Å². The van der Waals surface area contributed by atoms with E-state index >= 15 is 0 Å². The number of aromatic nitrogens is 4. The van der Waals surface area contributed by atoms with Crippen molar-refractivity contribution in [1.82, 2.24) is 20.2 Å². The van der Waals surface area contributed by atoms with E-state index in [2.05, 4.69) is 46.7 Å². The molecule has 0 bridgehead atoms. The van der Waals surface area contributed by atoms with Gasteiger partial charge in [-0.1, -0.05) is 49.4 Å². The number of rotatable bonds is 10. The number of nitrogens with zero attached hydrogens (tertiary/aromatic N) is 4. The second-order valence-electron chi connectivity index (χ2n) is 6.56. The van der Waals surface area contributed by atoms with Crippen molar-refractivity contribution in [3.63, 3.8) is 0 Å². The summed E-state index contributed by atoms with van der Waals surface area (Å²) < 4.78 is 13.6. The van der Waals surface area contributed by atoms with E-state index in [1.807, 2.05) is 42.8 Å². The van der Waals surface area contributed by atoms with Gasteiger partial charge < -0.3 is 9.47 Å². The fourth-order valence-electron chi connectivity index (χ4n) is 3.28. The first-order chi connectivity index (χ1) is 13.7. The highest BCUT2D eigenvalue weighted by molar-refractivity contribution is 5.37. The Morgan fingerprint density at radius 3 is 2.50 bits per heavy atom. The first-order valence-corrected chi connectivity index (χ1v) is 9.91. The van der Waals surface area contributed by atoms with E-state index in [0.717, 1.165) is 23.6 Å². The Morgan fingerprint density at radius 2 is 1.79 bits per heavy atom. The number of hydrogen-bond acceptors (Lipinski definition) is 5. The first kappa shape index (κ1) is 20.0. The molecule has 3 rings (SSSR count). The number of tetrazole rings is 1. The van der Waals surface area contributed by atoms with Crippen molar-refractivity contribution in [2.45, 2.75) is 46.3 Å². The van der Waals surface area contributed by atoms with Crippen molar-refractivity contribution in [3.8, 4) is 5.75 Å². The zero-order chi connectivity index (χ0) is 19.8. The van der Waals surface area contributed by atoms with Gasteiger partial charge in [-0.05, 0) is 53.5 Å². The molecule has 1 atom stereocenters. The van der Waals surface area contributed by atoms with Crippen LogP contribution >= 0.6 is 0 Å². The topological polar surface area (TPSA) is 62.1 Å². The monoisotopic (exact) mass is 380 g/mol. The third kappa shape index (κ3) is 4.95. The van der Waals surface area contributed by atoms with Crippen LogP contribution in [0, 0.1) is 0 Å². The van der Waals surface area contributed by atoms with E-state index in [0.29, 0.717) is 26.2 Å². The summed E-state index contributed by atoms with van der Waals surface area (Å²) in [7, 11) is 0. The van der Waals surface area contributed by atoms with Crippen molar-refractivity contribution < 1.29 is 9.47 Å². The standard InChI is InChI=1S/C22H28N4O2/c1-4-19-14-18(12-13-20(19)27-5-2)15-21(28-6-3)22-23-24-25-26(22)16-17-10-8-7-9-11-17/h7-14,21H,4-6,15-16H2,1-3H3. The predicted molar refractivity (Wildman–Crippen MR) is 108 cm³/mol. The van der Waals surface area contributed by atoms with Crippen molar-refractivity contribution in [1.29, 1.82) is 0 Å². The Bertz CT molecular complexity index is 864. The molecule has 1 aromatic heterocycles. The van der Waals surface area contributed by atoms with Gasteiger partial charge in [0.25, 0.3) is 0 Å². The highest BCUT2D eigenvalue weighted by Gasteiger charge is 2.21. The van der Waals surface area contributed by atoms with Gasteiger partial charge in [-0.25, -0.2) is 4.68 Å².